The first-order valence-corrected chi connectivity index (χ1v) is 9.14. The Labute approximate surface area is 156 Å². The van der Waals surface area contributed by atoms with Gasteiger partial charge >= 0.3 is 0 Å². The Balaban J connectivity index is 2.67. The Morgan fingerprint density at radius 2 is 1.76 bits per heavy atom. The zero-order chi connectivity index (χ0) is 18.9. The molecule has 3 nitrogen and oxygen atoms in total. The number of rotatable bonds is 4. The third-order valence-corrected chi connectivity index (χ3v) is 5.23. The second kappa shape index (κ2) is 7.27. The Kier molecular flexibility index (Phi) is 5.70. The van der Waals surface area contributed by atoms with Crippen molar-refractivity contribution in [1.29, 1.82) is 0 Å². The van der Waals surface area contributed by atoms with Crippen molar-refractivity contribution in [3.63, 3.8) is 0 Å². The molecule has 0 heterocycles. The van der Waals surface area contributed by atoms with Crippen LogP contribution >= 0.6 is 11.6 Å². The van der Waals surface area contributed by atoms with Gasteiger partial charge in [0.1, 0.15) is 0 Å². The van der Waals surface area contributed by atoms with Crippen LogP contribution in [-0.4, -0.2) is 7.05 Å². The minimum Gasteiger partial charge on any atom is -0.397 e. The van der Waals surface area contributed by atoms with Crippen molar-refractivity contribution in [2.24, 2.45) is 11.3 Å². The van der Waals surface area contributed by atoms with Gasteiger partial charge in [-0.15, -0.1) is 11.6 Å². The molecule has 2 rings (SSSR count). The molecule has 4 N–H and O–H groups in total. The molecule has 1 atom stereocenters. The number of aryl methyl sites for hydroxylation is 1. The fourth-order valence-electron chi connectivity index (χ4n) is 3.51. The van der Waals surface area contributed by atoms with Crippen molar-refractivity contribution in [3.8, 4) is 0 Å². The van der Waals surface area contributed by atoms with Gasteiger partial charge in [-0.1, -0.05) is 45.0 Å². The van der Waals surface area contributed by atoms with Crippen LogP contribution in [0.3, 0.4) is 0 Å². The van der Waals surface area contributed by atoms with Crippen LogP contribution in [-0.2, 0) is 5.88 Å². The Morgan fingerprint density at radius 3 is 2.28 bits per heavy atom. The number of nitrogens with zero attached hydrogens (tertiary/aromatic N) is 1. The molecule has 4 heteroatoms. The summed E-state index contributed by atoms with van der Waals surface area (Å²) in [6, 6.07) is 10.8. The number of hydrogen-bond acceptors (Lipinski definition) is 3. The maximum Gasteiger partial charge on any atom is 0.0746 e. The van der Waals surface area contributed by atoms with Crippen molar-refractivity contribution < 1.29 is 0 Å². The fourth-order valence-corrected chi connectivity index (χ4v) is 3.80. The number of nitrogens with two attached hydrogens (primary N) is 2. The summed E-state index contributed by atoms with van der Waals surface area (Å²) >= 11 is 6.14. The number of nitrogen functional groups attached to an aromatic ring is 1. The maximum atomic E-state index is 6.38. The summed E-state index contributed by atoms with van der Waals surface area (Å²) in [5.41, 5.74) is 14.0. The van der Waals surface area contributed by atoms with E-state index in [4.69, 9.17) is 23.2 Å². The molecule has 136 valence electrons. The van der Waals surface area contributed by atoms with E-state index in [0.717, 1.165) is 16.9 Å². The van der Waals surface area contributed by atoms with Gasteiger partial charge in [-0.2, -0.15) is 0 Å². The smallest absolute Gasteiger partial charge is 0.0746 e. The summed E-state index contributed by atoms with van der Waals surface area (Å²) in [5, 5.41) is 1.57. The largest absolute Gasteiger partial charge is 0.397 e. The number of anilines is 2. The zero-order valence-electron chi connectivity index (χ0n) is 16.2. The zero-order valence-corrected chi connectivity index (χ0v) is 16.9. The first kappa shape index (κ1) is 19.6. The van der Waals surface area contributed by atoms with Gasteiger partial charge in [0, 0.05) is 18.8 Å². The molecule has 0 aromatic heterocycles. The van der Waals surface area contributed by atoms with E-state index in [1.165, 1.54) is 22.3 Å². The highest BCUT2D eigenvalue weighted by molar-refractivity contribution is 6.17. The van der Waals surface area contributed by atoms with Gasteiger partial charge in [-0.05, 0) is 53.1 Å². The lowest BCUT2D eigenvalue weighted by Crippen LogP contribution is -2.27. The monoisotopic (exact) mass is 359 g/mol. The summed E-state index contributed by atoms with van der Waals surface area (Å²) in [4.78, 5) is 0. The van der Waals surface area contributed by atoms with Crippen LogP contribution in [0, 0.1) is 19.3 Å². The molecule has 0 aliphatic heterocycles. The van der Waals surface area contributed by atoms with Crippen LogP contribution in [0.25, 0.3) is 0 Å². The maximum absolute atomic E-state index is 6.38. The van der Waals surface area contributed by atoms with Gasteiger partial charge in [-0.3, -0.25) is 0 Å². The quantitative estimate of drug-likeness (QED) is 0.345. The van der Waals surface area contributed by atoms with Gasteiger partial charge in [0.25, 0.3) is 0 Å². The summed E-state index contributed by atoms with van der Waals surface area (Å²) in [7, 11) is 1.80. The molecule has 0 amide bonds. The molecule has 0 saturated carbocycles. The first-order chi connectivity index (χ1) is 11.6. The second-order valence-electron chi connectivity index (χ2n) is 7.94. The summed E-state index contributed by atoms with van der Waals surface area (Å²) in [6.07, 6.45) is 0. The van der Waals surface area contributed by atoms with Gasteiger partial charge in [0.15, 0.2) is 0 Å². The van der Waals surface area contributed by atoms with Crippen LogP contribution in [0.15, 0.2) is 30.3 Å². The fraction of sp³-hybridized carbons (Fsp3) is 0.429. The third kappa shape index (κ3) is 3.94. The van der Waals surface area contributed by atoms with Crippen molar-refractivity contribution in [2.45, 2.75) is 46.4 Å². The van der Waals surface area contributed by atoms with E-state index in [1.54, 1.807) is 12.1 Å². The van der Waals surface area contributed by atoms with Crippen LogP contribution in [0.2, 0.25) is 0 Å². The SMILES string of the molecule is Cc1ccc(C(c2ccc(N(C)N)c(N)c2C)C(C)(C)C)cc1CCl. The molecule has 0 fully saturated rings. The molecule has 25 heavy (non-hydrogen) atoms. The minimum atomic E-state index is 0.0339. The van der Waals surface area contributed by atoms with E-state index < -0.39 is 0 Å². The summed E-state index contributed by atoms with van der Waals surface area (Å²) < 4.78 is 0. The molecule has 0 spiro atoms. The molecule has 0 aliphatic carbocycles. The standard InChI is InChI=1S/C21H30ClN3/c1-13-7-8-15(11-16(13)12-22)19(21(3,4)5)17-9-10-18(25(6)24)20(23)14(17)2/h7-11,19H,12,23-24H2,1-6H3. The van der Waals surface area contributed by atoms with Crippen LogP contribution in [0.1, 0.15) is 54.5 Å². The normalized spacial score (nSPS) is 13.0. The first-order valence-electron chi connectivity index (χ1n) is 8.60. The Bertz CT molecular complexity index is 760. The van der Waals surface area contributed by atoms with Crippen molar-refractivity contribution in [2.75, 3.05) is 17.8 Å². The van der Waals surface area contributed by atoms with Crippen LogP contribution in [0.4, 0.5) is 11.4 Å². The average Bonchev–Trinajstić information content (AvgIpc) is 2.51. The lowest BCUT2D eigenvalue weighted by atomic mass is 9.71. The van der Waals surface area contributed by atoms with Crippen molar-refractivity contribution >= 4 is 23.0 Å². The predicted molar refractivity (Wildman–Crippen MR) is 110 cm³/mol. The van der Waals surface area contributed by atoms with Crippen LogP contribution < -0.4 is 16.6 Å². The lowest BCUT2D eigenvalue weighted by molar-refractivity contribution is 0.357. The summed E-state index contributed by atoms with van der Waals surface area (Å²) in [5.74, 6) is 6.64. The van der Waals surface area contributed by atoms with Crippen LogP contribution in [0.5, 0.6) is 0 Å². The molecule has 1 unspecified atom stereocenters. The van der Waals surface area contributed by atoms with Gasteiger partial charge in [-0.25, -0.2) is 5.84 Å². The number of halogens is 1. The van der Waals surface area contributed by atoms with E-state index in [-0.39, 0.29) is 11.3 Å². The molecule has 2 aromatic carbocycles. The highest BCUT2D eigenvalue weighted by atomic mass is 35.5. The number of benzene rings is 2. The third-order valence-electron chi connectivity index (χ3n) is 4.94. The lowest BCUT2D eigenvalue weighted by Gasteiger charge is -2.34. The van der Waals surface area contributed by atoms with E-state index in [1.807, 2.05) is 6.07 Å². The number of hydrazine groups is 1. The molecule has 0 radical (unpaired) electrons. The molecule has 0 aliphatic rings. The second-order valence-corrected chi connectivity index (χ2v) is 8.21. The number of alkyl halides is 1. The topological polar surface area (TPSA) is 55.3 Å². The summed E-state index contributed by atoms with van der Waals surface area (Å²) in [6.45, 7) is 11.0. The van der Waals surface area contributed by atoms with Gasteiger partial charge in [0.05, 0.1) is 11.4 Å². The Morgan fingerprint density at radius 1 is 1.12 bits per heavy atom. The van der Waals surface area contributed by atoms with Gasteiger partial charge < -0.3 is 10.7 Å². The molecule has 0 bridgehead atoms. The average molecular weight is 360 g/mol. The molecular weight excluding hydrogens is 330 g/mol. The van der Waals surface area contributed by atoms with E-state index in [2.05, 4.69) is 58.9 Å². The van der Waals surface area contributed by atoms with Gasteiger partial charge in [0.2, 0.25) is 0 Å². The number of hydrogen-bond donors (Lipinski definition) is 2. The highest BCUT2D eigenvalue weighted by Gasteiger charge is 2.30. The van der Waals surface area contributed by atoms with Crippen molar-refractivity contribution in [1.82, 2.24) is 0 Å². The Hall–Kier alpha value is -1.71. The molecule has 2 aromatic rings. The van der Waals surface area contributed by atoms with E-state index >= 15 is 0 Å². The van der Waals surface area contributed by atoms with E-state index in [0.29, 0.717) is 5.88 Å². The molecular formula is C21H30ClN3. The predicted octanol–water partition coefficient (Wildman–Crippen LogP) is 5.11. The molecule has 0 saturated heterocycles. The van der Waals surface area contributed by atoms with Crippen molar-refractivity contribution in [3.05, 3.63) is 58.1 Å². The minimum absolute atomic E-state index is 0.0339. The highest BCUT2D eigenvalue weighted by Crippen LogP contribution is 2.44. The van der Waals surface area contributed by atoms with E-state index in [9.17, 15) is 0 Å².